The summed E-state index contributed by atoms with van der Waals surface area (Å²) in [6.45, 7) is 6.77. The molecule has 2 N–H and O–H groups in total. The molecule has 0 saturated carbocycles. The van der Waals surface area contributed by atoms with Crippen LogP contribution in [0.25, 0.3) is 10.9 Å². The van der Waals surface area contributed by atoms with E-state index < -0.39 is 0 Å². The highest BCUT2D eigenvalue weighted by atomic mass is 16.1. The largest absolute Gasteiger partial charge is 0.359 e. The number of nitrogens with one attached hydrogen (secondary N) is 2. The van der Waals surface area contributed by atoms with Crippen molar-refractivity contribution < 1.29 is 4.79 Å². The molecule has 3 nitrogen and oxygen atoms in total. The number of aryl methyl sites for hydroxylation is 1. The number of carbonyl (C=O) groups is 1. The molecule has 19 heavy (non-hydrogen) atoms. The second-order valence-corrected chi connectivity index (χ2v) is 5.11. The number of hydrogen-bond donors (Lipinski definition) is 2. The lowest BCUT2D eigenvalue weighted by molar-refractivity contribution is -0.125. The fourth-order valence-electron chi connectivity index (χ4n) is 2.43. The molecule has 0 spiro atoms. The van der Waals surface area contributed by atoms with Gasteiger partial charge in [-0.15, -0.1) is 0 Å². The Bertz CT molecular complexity index is 567. The van der Waals surface area contributed by atoms with Gasteiger partial charge in [-0.2, -0.15) is 0 Å². The number of aromatic nitrogens is 1. The van der Waals surface area contributed by atoms with Gasteiger partial charge in [-0.3, -0.25) is 4.79 Å². The zero-order valence-corrected chi connectivity index (χ0v) is 11.9. The maximum Gasteiger partial charge on any atom is 0.223 e. The first kappa shape index (κ1) is 13.7. The van der Waals surface area contributed by atoms with E-state index in [9.17, 15) is 4.79 Å². The van der Waals surface area contributed by atoms with Crippen molar-refractivity contribution >= 4 is 16.8 Å². The number of rotatable bonds is 5. The minimum atomic E-state index is 0.137. The van der Waals surface area contributed by atoms with Crippen molar-refractivity contribution in [3.63, 3.8) is 0 Å². The minimum absolute atomic E-state index is 0.137. The molecule has 0 unspecified atom stereocenters. The average Bonchev–Trinajstić information content (AvgIpc) is 2.77. The summed E-state index contributed by atoms with van der Waals surface area (Å²) < 4.78 is 0. The predicted octanol–water partition coefficient (Wildman–Crippen LogP) is 3.53. The third-order valence-corrected chi connectivity index (χ3v) is 3.64. The molecule has 0 radical (unpaired) electrons. The molecule has 0 saturated heterocycles. The molecule has 2 aromatic rings. The molecule has 0 bridgehead atoms. The number of hydrogen-bond acceptors (Lipinski definition) is 1. The van der Waals surface area contributed by atoms with Gasteiger partial charge in [0, 0.05) is 23.7 Å². The number of aromatic amines is 1. The topological polar surface area (TPSA) is 44.9 Å². The van der Waals surface area contributed by atoms with Crippen LogP contribution in [0, 0.1) is 12.8 Å². The van der Waals surface area contributed by atoms with Crippen molar-refractivity contribution in [2.24, 2.45) is 5.92 Å². The van der Waals surface area contributed by atoms with Crippen LogP contribution in [0.4, 0.5) is 0 Å². The van der Waals surface area contributed by atoms with Gasteiger partial charge in [0.1, 0.15) is 0 Å². The number of carbonyl (C=O) groups excluding carboxylic acids is 1. The number of H-pyrrole nitrogens is 1. The van der Waals surface area contributed by atoms with Crippen molar-refractivity contribution in [3.8, 4) is 0 Å². The normalized spacial score (nSPS) is 11.2. The number of amides is 1. The lowest BCUT2D eigenvalue weighted by Crippen LogP contribution is -2.29. The van der Waals surface area contributed by atoms with Crippen LogP contribution in [0.2, 0.25) is 0 Å². The molecule has 1 aromatic heterocycles. The Morgan fingerprint density at radius 3 is 2.68 bits per heavy atom. The van der Waals surface area contributed by atoms with E-state index in [0.717, 1.165) is 29.6 Å². The molecule has 0 fully saturated rings. The van der Waals surface area contributed by atoms with Crippen molar-refractivity contribution in [1.29, 1.82) is 0 Å². The summed E-state index contributed by atoms with van der Waals surface area (Å²) >= 11 is 0. The van der Waals surface area contributed by atoms with E-state index in [4.69, 9.17) is 0 Å². The first-order valence-electron chi connectivity index (χ1n) is 7.00. The summed E-state index contributed by atoms with van der Waals surface area (Å²) in [4.78, 5) is 15.2. The smallest absolute Gasteiger partial charge is 0.223 e. The molecule has 0 aliphatic carbocycles. The van der Waals surface area contributed by atoms with E-state index in [1.165, 1.54) is 5.39 Å². The van der Waals surface area contributed by atoms with E-state index in [-0.39, 0.29) is 11.8 Å². The van der Waals surface area contributed by atoms with Crippen LogP contribution >= 0.6 is 0 Å². The second-order valence-electron chi connectivity index (χ2n) is 5.11. The second kappa shape index (κ2) is 5.91. The van der Waals surface area contributed by atoms with E-state index in [2.05, 4.69) is 55.3 Å². The molecule has 102 valence electrons. The SMILES string of the molecule is CCC(CC)C(=O)NCc1ccc2[nH]c(C)cc2c1. The Kier molecular flexibility index (Phi) is 4.25. The fourth-order valence-corrected chi connectivity index (χ4v) is 2.43. The van der Waals surface area contributed by atoms with Gasteiger partial charge in [0.25, 0.3) is 0 Å². The van der Waals surface area contributed by atoms with Gasteiger partial charge in [-0.05, 0) is 48.9 Å². The van der Waals surface area contributed by atoms with E-state index >= 15 is 0 Å². The molecule has 1 amide bonds. The molecule has 3 heteroatoms. The lowest BCUT2D eigenvalue weighted by atomic mass is 10.0. The fraction of sp³-hybridized carbons (Fsp3) is 0.438. The Balaban J connectivity index is 2.03. The van der Waals surface area contributed by atoms with E-state index in [0.29, 0.717) is 6.54 Å². The predicted molar refractivity (Wildman–Crippen MR) is 79.0 cm³/mol. The van der Waals surface area contributed by atoms with Crippen LogP contribution in [0.1, 0.15) is 37.9 Å². The third kappa shape index (κ3) is 3.16. The highest BCUT2D eigenvalue weighted by Gasteiger charge is 2.13. The Hall–Kier alpha value is -1.77. The molecule has 1 heterocycles. The van der Waals surface area contributed by atoms with Crippen molar-refractivity contribution in [3.05, 3.63) is 35.5 Å². The summed E-state index contributed by atoms with van der Waals surface area (Å²) in [7, 11) is 0. The third-order valence-electron chi connectivity index (χ3n) is 3.64. The minimum Gasteiger partial charge on any atom is -0.359 e. The van der Waals surface area contributed by atoms with Gasteiger partial charge in [-0.25, -0.2) is 0 Å². The Labute approximate surface area is 114 Å². The Morgan fingerprint density at radius 2 is 2.00 bits per heavy atom. The first-order chi connectivity index (χ1) is 9.13. The van der Waals surface area contributed by atoms with Gasteiger partial charge < -0.3 is 10.3 Å². The van der Waals surface area contributed by atoms with Crippen LogP contribution < -0.4 is 5.32 Å². The number of fused-ring (bicyclic) bond motifs is 1. The summed E-state index contributed by atoms with van der Waals surface area (Å²) in [6.07, 6.45) is 1.80. The van der Waals surface area contributed by atoms with Gasteiger partial charge in [0.05, 0.1) is 0 Å². The number of benzene rings is 1. The molecule has 0 aliphatic heterocycles. The average molecular weight is 258 g/mol. The molecular weight excluding hydrogens is 236 g/mol. The molecule has 0 atom stereocenters. The summed E-state index contributed by atoms with van der Waals surface area (Å²) in [5, 5.41) is 4.22. The molecule has 2 rings (SSSR count). The standard InChI is InChI=1S/C16H22N2O/c1-4-13(5-2)16(19)17-10-12-6-7-15-14(9-12)8-11(3)18-15/h6-9,13,18H,4-5,10H2,1-3H3,(H,17,19). The van der Waals surface area contributed by atoms with Crippen LogP contribution in [0.3, 0.4) is 0 Å². The zero-order valence-electron chi connectivity index (χ0n) is 11.9. The Morgan fingerprint density at radius 1 is 1.26 bits per heavy atom. The van der Waals surface area contributed by atoms with Crippen molar-refractivity contribution in [1.82, 2.24) is 10.3 Å². The van der Waals surface area contributed by atoms with Gasteiger partial charge in [0.2, 0.25) is 5.91 Å². The summed E-state index contributed by atoms with van der Waals surface area (Å²) in [5.41, 5.74) is 3.45. The van der Waals surface area contributed by atoms with Crippen molar-refractivity contribution in [2.75, 3.05) is 0 Å². The maximum atomic E-state index is 11.9. The van der Waals surface area contributed by atoms with Crippen LogP contribution in [-0.2, 0) is 11.3 Å². The highest BCUT2D eigenvalue weighted by molar-refractivity contribution is 5.81. The molecule has 1 aromatic carbocycles. The zero-order chi connectivity index (χ0) is 13.8. The summed E-state index contributed by atoms with van der Waals surface area (Å²) in [5.74, 6) is 0.300. The van der Waals surface area contributed by atoms with Crippen LogP contribution in [0.15, 0.2) is 24.3 Å². The van der Waals surface area contributed by atoms with E-state index in [1.807, 2.05) is 0 Å². The summed E-state index contributed by atoms with van der Waals surface area (Å²) in [6, 6.07) is 8.39. The van der Waals surface area contributed by atoms with Gasteiger partial charge in [0.15, 0.2) is 0 Å². The van der Waals surface area contributed by atoms with Crippen LogP contribution in [0.5, 0.6) is 0 Å². The van der Waals surface area contributed by atoms with Crippen molar-refractivity contribution in [2.45, 2.75) is 40.2 Å². The van der Waals surface area contributed by atoms with Gasteiger partial charge in [-0.1, -0.05) is 19.9 Å². The van der Waals surface area contributed by atoms with Gasteiger partial charge >= 0.3 is 0 Å². The maximum absolute atomic E-state index is 11.9. The highest BCUT2D eigenvalue weighted by Crippen LogP contribution is 2.17. The van der Waals surface area contributed by atoms with E-state index in [1.54, 1.807) is 0 Å². The first-order valence-corrected chi connectivity index (χ1v) is 7.00. The molecule has 0 aliphatic rings. The molecular formula is C16H22N2O. The monoisotopic (exact) mass is 258 g/mol. The lowest BCUT2D eigenvalue weighted by Gasteiger charge is -2.12. The van der Waals surface area contributed by atoms with Crippen LogP contribution in [-0.4, -0.2) is 10.9 Å². The quantitative estimate of drug-likeness (QED) is 0.846.